The molecular formula is C12H18N2S. The molecule has 1 aromatic carbocycles. The van der Waals surface area contributed by atoms with Crippen LogP contribution in [0.15, 0.2) is 30.9 Å². The normalized spacial score (nSPS) is 9.93. The summed E-state index contributed by atoms with van der Waals surface area (Å²) in [6, 6.07) is 6.08. The molecular weight excluding hydrogens is 204 g/mol. The molecule has 15 heavy (non-hydrogen) atoms. The number of hydrogen-bond donors (Lipinski definition) is 2. The molecule has 0 radical (unpaired) electrons. The quantitative estimate of drug-likeness (QED) is 0.441. The summed E-state index contributed by atoms with van der Waals surface area (Å²) in [6.07, 6.45) is 1.93. The molecule has 0 saturated heterocycles. The average molecular weight is 222 g/mol. The monoisotopic (exact) mass is 222 g/mol. The van der Waals surface area contributed by atoms with Crippen LogP contribution in [0.4, 0.5) is 11.4 Å². The summed E-state index contributed by atoms with van der Waals surface area (Å²) < 4.78 is 0. The fraction of sp³-hybridized carbons (Fsp3) is 0.333. The van der Waals surface area contributed by atoms with Gasteiger partial charge in [0.2, 0.25) is 0 Å². The first-order valence-corrected chi connectivity index (χ1v) is 6.18. The number of hydrogen-bond acceptors (Lipinski definition) is 3. The Labute approximate surface area is 95.9 Å². The first-order valence-electron chi connectivity index (χ1n) is 5.02. The summed E-state index contributed by atoms with van der Waals surface area (Å²) in [5, 5.41) is 3.34. The molecule has 0 bridgehead atoms. The summed E-state index contributed by atoms with van der Waals surface area (Å²) in [5.41, 5.74) is 8.88. The molecule has 1 rings (SSSR count). The lowest BCUT2D eigenvalue weighted by molar-refractivity contribution is 1.23. The fourth-order valence-electron chi connectivity index (χ4n) is 1.18. The maximum atomic E-state index is 5.81. The van der Waals surface area contributed by atoms with Gasteiger partial charge in [-0.25, -0.2) is 0 Å². The van der Waals surface area contributed by atoms with E-state index in [1.54, 1.807) is 0 Å². The molecule has 0 aromatic heterocycles. The van der Waals surface area contributed by atoms with Gasteiger partial charge < -0.3 is 11.1 Å². The lowest BCUT2D eigenvalue weighted by Gasteiger charge is -2.07. The van der Waals surface area contributed by atoms with Crippen LogP contribution in [-0.2, 0) is 0 Å². The van der Waals surface area contributed by atoms with Gasteiger partial charge in [0.1, 0.15) is 0 Å². The Morgan fingerprint density at radius 3 is 3.00 bits per heavy atom. The van der Waals surface area contributed by atoms with Crippen LogP contribution in [0.5, 0.6) is 0 Å². The minimum atomic E-state index is 0.846. The van der Waals surface area contributed by atoms with Crippen LogP contribution in [0.2, 0.25) is 0 Å². The molecule has 0 aliphatic carbocycles. The van der Waals surface area contributed by atoms with Crippen molar-refractivity contribution in [1.29, 1.82) is 0 Å². The van der Waals surface area contributed by atoms with Crippen molar-refractivity contribution in [3.05, 3.63) is 36.4 Å². The third-order valence-electron chi connectivity index (χ3n) is 2.09. The van der Waals surface area contributed by atoms with Gasteiger partial charge in [0.25, 0.3) is 0 Å². The third kappa shape index (κ3) is 4.30. The summed E-state index contributed by atoms with van der Waals surface area (Å²) in [7, 11) is 0. The van der Waals surface area contributed by atoms with Crippen LogP contribution in [0.25, 0.3) is 0 Å². The Balaban J connectivity index is 2.31. The predicted octanol–water partition coefficient (Wildman–Crippen LogP) is 2.91. The van der Waals surface area contributed by atoms with E-state index in [0.717, 1.165) is 35.0 Å². The zero-order valence-corrected chi connectivity index (χ0v) is 9.94. The Kier molecular flexibility index (Phi) is 5.12. The maximum absolute atomic E-state index is 5.81. The molecule has 0 aliphatic rings. The van der Waals surface area contributed by atoms with Crippen molar-refractivity contribution in [3.8, 4) is 0 Å². The molecule has 82 valence electrons. The predicted molar refractivity (Wildman–Crippen MR) is 71.6 cm³/mol. The van der Waals surface area contributed by atoms with Gasteiger partial charge in [0.15, 0.2) is 0 Å². The smallest absolute Gasteiger partial charge is 0.0364 e. The molecule has 0 amide bonds. The second-order valence-corrected chi connectivity index (χ2v) is 4.51. The number of rotatable bonds is 6. The SMILES string of the molecule is C=CCSCCNc1ccc(C)c(N)c1. The second kappa shape index (κ2) is 6.40. The summed E-state index contributed by atoms with van der Waals surface area (Å²) in [5.74, 6) is 2.09. The number of benzene rings is 1. The van der Waals surface area contributed by atoms with Crippen molar-refractivity contribution in [1.82, 2.24) is 0 Å². The lowest BCUT2D eigenvalue weighted by Crippen LogP contribution is -2.04. The molecule has 0 heterocycles. The molecule has 0 atom stereocenters. The molecule has 0 aliphatic heterocycles. The van der Waals surface area contributed by atoms with E-state index in [9.17, 15) is 0 Å². The van der Waals surface area contributed by atoms with E-state index >= 15 is 0 Å². The lowest BCUT2D eigenvalue weighted by atomic mass is 10.2. The van der Waals surface area contributed by atoms with Crippen LogP contribution >= 0.6 is 11.8 Å². The molecule has 0 fully saturated rings. The van der Waals surface area contributed by atoms with Gasteiger partial charge in [0.05, 0.1) is 0 Å². The van der Waals surface area contributed by atoms with Crippen molar-refractivity contribution in [2.45, 2.75) is 6.92 Å². The van der Waals surface area contributed by atoms with E-state index in [0.29, 0.717) is 0 Å². The van der Waals surface area contributed by atoms with E-state index in [1.165, 1.54) is 0 Å². The van der Waals surface area contributed by atoms with Crippen molar-refractivity contribution in [2.75, 3.05) is 29.1 Å². The summed E-state index contributed by atoms with van der Waals surface area (Å²) in [4.78, 5) is 0. The summed E-state index contributed by atoms with van der Waals surface area (Å²) in [6.45, 7) is 6.65. The minimum Gasteiger partial charge on any atom is -0.398 e. The van der Waals surface area contributed by atoms with Crippen LogP contribution in [-0.4, -0.2) is 18.1 Å². The fourth-order valence-corrected chi connectivity index (χ4v) is 1.76. The first kappa shape index (κ1) is 12.0. The highest BCUT2D eigenvalue weighted by Gasteiger charge is 1.95. The van der Waals surface area contributed by atoms with Crippen LogP contribution in [0.1, 0.15) is 5.56 Å². The highest BCUT2D eigenvalue weighted by Crippen LogP contribution is 2.16. The average Bonchev–Trinajstić information content (AvgIpc) is 2.23. The van der Waals surface area contributed by atoms with Gasteiger partial charge >= 0.3 is 0 Å². The van der Waals surface area contributed by atoms with Crippen molar-refractivity contribution in [3.63, 3.8) is 0 Å². The first-order chi connectivity index (χ1) is 7.24. The highest BCUT2D eigenvalue weighted by atomic mass is 32.2. The Hall–Kier alpha value is -1.09. The Morgan fingerprint density at radius 1 is 1.53 bits per heavy atom. The Bertz CT molecular complexity index is 323. The largest absolute Gasteiger partial charge is 0.398 e. The van der Waals surface area contributed by atoms with Crippen LogP contribution in [0.3, 0.4) is 0 Å². The number of nitrogen functional groups attached to an aromatic ring is 1. The van der Waals surface area contributed by atoms with Gasteiger partial charge in [0, 0.05) is 29.4 Å². The second-order valence-electron chi connectivity index (χ2n) is 3.36. The summed E-state index contributed by atoms with van der Waals surface area (Å²) >= 11 is 1.87. The molecule has 0 unspecified atom stereocenters. The Morgan fingerprint density at radius 2 is 2.33 bits per heavy atom. The van der Waals surface area contributed by atoms with E-state index in [4.69, 9.17) is 5.73 Å². The molecule has 2 nitrogen and oxygen atoms in total. The third-order valence-corrected chi connectivity index (χ3v) is 3.05. The number of aryl methyl sites for hydroxylation is 1. The zero-order valence-electron chi connectivity index (χ0n) is 9.12. The minimum absolute atomic E-state index is 0.846. The van der Waals surface area contributed by atoms with Gasteiger partial charge in [-0.1, -0.05) is 12.1 Å². The molecule has 1 aromatic rings. The van der Waals surface area contributed by atoms with Crippen LogP contribution in [0, 0.1) is 6.92 Å². The van der Waals surface area contributed by atoms with E-state index in [-0.39, 0.29) is 0 Å². The number of nitrogens with two attached hydrogens (primary N) is 1. The van der Waals surface area contributed by atoms with Gasteiger partial charge in [-0.3, -0.25) is 0 Å². The molecule has 0 spiro atoms. The zero-order chi connectivity index (χ0) is 11.1. The number of thioether (sulfide) groups is 1. The van der Waals surface area contributed by atoms with Gasteiger partial charge in [-0.15, -0.1) is 6.58 Å². The van der Waals surface area contributed by atoms with Crippen molar-refractivity contribution in [2.24, 2.45) is 0 Å². The van der Waals surface area contributed by atoms with Crippen molar-refractivity contribution >= 4 is 23.1 Å². The highest BCUT2D eigenvalue weighted by molar-refractivity contribution is 7.99. The molecule has 3 N–H and O–H groups in total. The number of anilines is 2. The van der Waals surface area contributed by atoms with E-state index < -0.39 is 0 Å². The topological polar surface area (TPSA) is 38.0 Å². The molecule has 3 heteroatoms. The van der Waals surface area contributed by atoms with Crippen molar-refractivity contribution < 1.29 is 0 Å². The standard InChI is InChI=1S/C12H18N2S/c1-3-7-15-8-6-14-11-5-4-10(2)12(13)9-11/h3-5,9,14H,1,6-8,13H2,2H3. The van der Waals surface area contributed by atoms with E-state index in [1.807, 2.05) is 36.9 Å². The van der Waals surface area contributed by atoms with Gasteiger partial charge in [-0.05, 0) is 24.6 Å². The maximum Gasteiger partial charge on any atom is 0.0364 e. The molecule has 0 saturated carbocycles. The van der Waals surface area contributed by atoms with Gasteiger partial charge in [-0.2, -0.15) is 11.8 Å². The number of nitrogens with one attached hydrogen (secondary N) is 1. The van der Waals surface area contributed by atoms with Crippen LogP contribution < -0.4 is 11.1 Å². The van der Waals surface area contributed by atoms with E-state index in [2.05, 4.69) is 18.0 Å².